The highest BCUT2D eigenvalue weighted by Gasteiger charge is 1.99. The normalized spacial score (nSPS) is 10.4. The molecule has 0 radical (unpaired) electrons. The molecule has 0 spiro atoms. The molecule has 0 amide bonds. The molecular weight excluding hydrogens is 288 g/mol. The Morgan fingerprint density at radius 1 is 1.00 bits per heavy atom. The van der Waals surface area contributed by atoms with Crippen molar-refractivity contribution in [1.29, 1.82) is 0 Å². The molecule has 2 rings (SSSR count). The van der Waals surface area contributed by atoms with E-state index in [9.17, 15) is 0 Å². The Bertz CT molecular complexity index is 517. The second kappa shape index (κ2) is 6.05. The van der Waals surface area contributed by atoms with Crippen LogP contribution in [0.3, 0.4) is 0 Å². The van der Waals surface area contributed by atoms with E-state index in [0.717, 1.165) is 16.6 Å². The maximum absolute atomic E-state index is 5.78. The van der Waals surface area contributed by atoms with E-state index in [1.54, 1.807) is 0 Å². The van der Waals surface area contributed by atoms with Gasteiger partial charge in [-0.2, -0.15) is 0 Å². The summed E-state index contributed by atoms with van der Waals surface area (Å²) in [5.74, 6) is 0.912. The van der Waals surface area contributed by atoms with Crippen LogP contribution in [0.15, 0.2) is 46.9 Å². The summed E-state index contributed by atoms with van der Waals surface area (Å²) in [6.45, 7) is 4.84. The summed E-state index contributed by atoms with van der Waals surface area (Å²) in [4.78, 5) is 0. The highest BCUT2D eigenvalue weighted by molar-refractivity contribution is 9.10. The lowest BCUT2D eigenvalue weighted by Crippen LogP contribution is -1.96. The molecule has 0 saturated carbocycles. The maximum atomic E-state index is 5.78. The van der Waals surface area contributed by atoms with Crippen LogP contribution in [0.5, 0.6) is 5.75 Å². The Morgan fingerprint density at radius 3 is 2.28 bits per heavy atom. The summed E-state index contributed by atoms with van der Waals surface area (Å²) >= 11 is 3.49. The van der Waals surface area contributed by atoms with Crippen LogP contribution in [0.1, 0.15) is 23.6 Å². The standard InChI is InChI=1S/C16H17BrO/c1-3-13-4-6-14(7-5-13)11-18-15-8-9-16(17)12(2)10-15/h4-10H,3,11H2,1-2H3. The molecule has 0 saturated heterocycles. The summed E-state index contributed by atoms with van der Waals surface area (Å²) in [7, 11) is 0. The van der Waals surface area contributed by atoms with Crippen LogP contribution in [-0.2, 0) is 13.0 Å². The van der Waals surface area contributed by atoms with Gasteiger partial charge >= 0.3 is 0 Å². The molecule has 0 heterocycles. The molecule has 2 aromatic carbocycles. The van der Waals surface area contributed by atoms with Crippen molar-refractivity contribution in [3.8, 4) is 5.75 Å². The number of hydrogen-bond donors (Lipinski definition) is 0. The zero-order valence-electron chi connectivity index (χ0n) is 10.7. The van der Waals surface area contributed by atoms with Gasteiger partial charge in [0.25, 0.3) is 0 Å². The fraction of sp³-hybridized carbons (Fsp3) is 0.250. The molecule has 0 aliphatic rings. The monoisotopic (exact) mass is 304 g/mol. The lowest BCUT2D eigenvalue weighted by molar-refractivity contribution is 0.306. The van der Waals surface area contributed by atoms with Gasteiger partial charge in [-0.3, -0.25) is 0 Å². The zero-order valence-corrected chi connectivity index (χ0v) is 12.3. The molecule has 0 atom stereocenters. The minimum absolute atomic E-state index is 0.616. The number of halogens is 1. The zero-order chi connectivity index (χ0) is 13.0. The van der Waals surface area contributed by atoms with Crippen LogP contribution in [0.2, 0.25) is 0 Å². The third kappa shape index (κ3) is 3.36. The first-order valence-corrected chi connectivity index (χ1v) is 6.95. The topological polar surface area (TPSA) is 9.23 Å². The predicted molar refractivity (Wildman–Crippen MR) is 79.0 cm³/mol. The number of ether oxygens (including phenoxy) is 1. The van der Waals surface area contributed by atoms with Crippen LogP contribution < -0.4 is 4.74 Å². The molecule has 0 unspecified atom stereocenters. The van der Waals surface area contributed by atoms with Gasteiger partial charge in [0.1, 0.15) is 12.4 Å². The Balaban J connectivity index is 1.99. The van der Waals surface area contributed by atoms with Crippen molar-refractivity contribution in [3.05, 3.63) is 63.6 Å². The molecule has 0 N–H and O–H groups in total. The van der Waals surface area contributed by atoms with Crippen LogP contribution in [0.4, 0.5) is 0 Å². The molecule has 0 bridgehead atoms. The predicted octanol–water partition coefficient (Wildman–Crippen LogP) is 4.90. The average molecular weight is 305 g/mol. The molecule has 0 aromatic heterocycles. The molecular formula is C16H17BrO. The smallest absolute Gasteiger partial charge is 0.120 e. The van der Waals surface area contributed by atoms with E-state index in [2.05, 4.69) is 54.0 Å². The first-order chi connectivity index (χ1) is 8.69. The Labute approximate surface area is 117 Å². The molecule has 0 aliphatic carbocycles. The lowest BCUT2D eigenvalue weighted by Gasteiger charge is -2.08. The molecule has 2 aromatic rings. The molecule has 94 valence electrons. The van der Waals surface area contributed by atoms with E-state index in [1.807, 2.05) is 18.2 Å². The van der Waals surface area contributed by atoms with Crippen molar-refractivity contribution in [2.75, 3.05) is 0 Å². The Kier molecular flexibility index (Phi) is 4.43. The summed E-state index contributed by atoms with van der Waals surface area (Å²) in [6, 6.07) is 14.6. The lowest BCUT2D eigenvalue weighted by atomic mass is 10.1. The van der Waals surface area contributed by atoms with Crippen molar-refractivity contribution >= 4 is 15.9 Å². The molecule has 1 nitrogen and oxygen atoms in total. The van der Waals surface area contributed by atoms with Crippen molar-refractivity contribution in [1.82, 2.24) is 0 Å². The average Bonchev–Trinajstić information content (AvgIpc) is 2.41. The highest BCUT2D eigenvalue weighted by Crippen LogP contribution is 2.22. The van der Waals surface area contributed by atoms with E-state index in [0.29, 0.717) is 6.61 Å². The number of benzene rings is 2. The van der Waals surface area contributed by atoms with Crippen LogP contribution in [-0.4, -0.2) is 0 Å². The van der Waals surface area contributed by atoms with Crippen molar-refractivity contribution in [3.63, 3.8) is 0 Å². The first kappa shape index (κ1) is 13.2. The van der Waals surface area contributed by atoms with Crippen LogP contribution in [0.25, 0.3) is 0 Å². The van der Waals surface area contributed by atoms with Gasteiger partial charge in [0.2, 0.25) is 0 Å². The van der Waals surface area contributed by atoms with E-state index >= 15 is 0 Å². The number of rotatable bonds is 4. The maximum Gasteiger partial charge on any atom is 0.120 e. The number of aryl methyl sites for hydroxylation is 2. The quantitative estimate of drug-likeness (QED) is 0.780. The van der Waals surface area contributed by atoms with Crippen molar-refractivity contribution in [2.24, 2.45) is 0 Å². The van der Waals surface area contributed by atoms with E-state index < -0.39 is 0 Å². The van der Waals surface area contributed by atoms with E-state index in [-0.39, 0.29) is 0 Å². The minimum Gasteiger partial charge on any atom is -0.489 e. The van der Waals surface area contributed by atoms with Gasteiger partial charge in [0, 0.05) is 4.47 Å². The Hall–Kier alpha value is -1.28. The highest BCUT2D eigenvalue weighted by atomic mass is 79.9. The first-order valence-electron chi connectivity index (χ1n) is 6.16. The summed E-state index contributed by atoms with van der Waals surface area (Å²) in [5, 5.41) is 0. The third-order valence-electron chi connectivity index (χ3n) is 2.97. The van der Waals surface area contributed by atoms with Crippen molar-refractivity contribution in [2.45, 2.75) is 26.9 Å². The summed E-state index contributed by atoms with van der Waals surface area (Å²) in [5.41, 5.74) is 3.75. The van der Waals surface area contributed by atoms with Gasteiger partial charge in [-0.1, -0.05) is 47.1 Å². The number of hydrogen-bond acceptors (Lipinski definition) is 1. The fourth-order valence-electron chi connectivity index (χ4n) is 1.74. The third-order valence-corrected chi connectivity index (χ3v) is 3.86. The van der Waals surface area contributed by atoms with E-state index in [1.165, 1.54) is 16.7 Å². The van der Waals surface area contributed by atoms with E-state index in [4.69, 9.17) is 4.74 Å². The van der Waals surface area contributed by atoms with Gasteiger partial charge in [0.15, 0.2) is 0 Å². The minimum atomic E-state index is 0.616. The molecule has 2 heteroatoms. The summed E-state index contributed by atoms with van der Waals surface area (Å²) in [6.07, 6.45) is 1.08. The van der Waals surface area contributed by atoms with Crippen LogP contribution in [0, 0.1) is 6.92 Å². The molecule has 0 aliphatic heterocycles. The van der Waals surface area contributed by atoms with Gasteiger partial charge in [-0.15, -0.1) is 0 Å². The molecule has 0 fully saturated rings. The molecule has 18 heavy (non-hydrogen) atoms. The SMILES string of the molecule is CCc1ccc(COc2ccc(Br)c(C)c2)cc1. The second-order valence-electron chi connectivity index (χ2n) is 4.37. The van der Waals surface area contributed by atoms with Crippen LogP contribution >= 0.6 is 15.9 Å². The van der Waals surface area contributed by atoms with Crippen molar-refractivity contribution < 1.29 is 4.74 Å². The fourth-order valence-corrected chi connectivity index (χ4v) is 1.99. The van der Waals surface area contributed by atoms with Gasteiger partial charge in [-0.25, -0.2) is 0 Å². The van der Waals surface area contributed by atoms with Gasteiger partial charge < -0.3 is 4.74 Å². The van der Waals surface area contributed by atoms with Gasteiger partial charge in [0.05, 0.1) is 0 Å². The second-order valence-corrected chi connectivity index (χ2v) is 5.22. The van der Waals surface area contributed by atoms with Gasteiger partial charge in [-0.05, 0) is 48.2 Å². The Morgan fingerprint density at radius 2 is 1.67 bits per heavy atom. The largest absolute Gasteiger partial charge is 0.489 e. The summed E-state index contributed by atoms with van der Waals surface area (Å²) < 4.78 is 6.89.